The molecule has 0 aliphatic carbocycles. The summed E-state index contributed by atoms with van der Waals surface area (Å²) in [4.78, 5) is 26.0. The van der Waals surface area contributed by atoms with Crippen molar-refractivity contribution in [2.24, 2.45) is 0 Å². The van der Waals surface area contributed by atoms with Crippen LogP contribution in [0.15, 0.2) is 124 Å². The lowest BCUT2D eigenvalue weighted by Gasteiger charge is -2.15. The molecule has 0 aliphatic rings. The highest BCUT2D eigenvalue weighted by atomic mass is 19.4. The minimum Gasteiger partial charge on any atom is -0.484 e. The van der Waals surface area contributed by atoms with E-state index in [0.717, 1.165) is 0 Å². The Bertz CT molecular complexity index is 2000. The number of amides is 1. The summed E-state index contributed by atoms with van der Waals surface area (Å²) in [5.74, 6) is -0.592. The van der Waals surface area contributed by atoms with E-state index in [1.807, 2.05) is 30.3 Å². The second-order valence-electron chi connectivity index (χ2n) is 9.59. The lowest BCUT2D eigenvalue weighted by atomic mass is 9.96. The molecule has 1 N–H and O–H groups in total. The SMILES string of the molecule is O=C(COc1ccc2c(=O)c(-c3cccc4ccccc34)c(C(F)(F)F)oc2c1)Nc1ccc(Oc2ccccc2)cc1. The number of anilines is 1. The Balaban J connectivity index is 1.22. The average molecular weight is 582 g/mol. The van der Waals surface area contributed by atoms with Gasteiger partial charge in [0.2, 0.25) is 11.2 Å². The minimum absolute atomic E-state index is 0.0504. The first-order valence-corrected chi connectivity index (χ1v) is 13.2. The molecule has 0 bridgehead atoms. The van der Waals surface area contributed by atoms with Crippen LogP contribution in [0, 0.1) is 0 Å². The number of para-hydroxylation sites is 1. The predicted molar refractivity (Wildman–Crippen MR) is 158 cm³/mol. The highest BCUT2D eigenvalue weighted by molar-refractivity contribution is 5.98. The lowest BCUT2D eigenvalue weighted by Crippen LogP contribution is -2.20. The summed E-state index contributed by atoms with van der Waals surface area (Å²) in [6, 6.07) is 31.5. The van der Waals surface area contributed by atoms with E-state index in [2.05, 4.69) is 5.32 Å². The van der Waals surface area contributed by atoms with Crippen molar-refractivity contribution in [1.29, 1.82) is 0 Å². The molecule has 0 fully saturated rings. The van der Waals surface area contributed by atoms with Crippen molar-refractivity contribution >= 4 is 33.3 Å². The average Bonchev–Trinajstić information content (AvgIpc) is 3.01. The maximum absolute atomic E-state index is 14.2. The summed E-state index contributed by atoms with van der Waals surface area (Å²) >= 11 is 0. The third kappa shape index (κ3) is 5.92. The van der Waals surface area contributed by atoms with Crippen LogP contribution in [-0.2, 0) is 11.0 Å². The molecule has 43 heavy (non-hydrogen) atoms. The molecule has 9 heteroatoms. The lowest BCUT2D eigenvalue weighted by molar-refractivity contribution is -0.152. The van der Waals surface area contributed by atoms with Gasteiger partial charge in [0.15, 0.2) is 6.61 Å². The Morgan fingerprint density at radius 2 is 1.42 bits per heavy atom. The van der Waals surface area contributed by atoms with Crippen molar-refractivity contribution < 1.29 is 31.9 Å². The number of rotatable bonds is 7. The van der Waals surface area contributed by atoms with Crippen molar-refractivity contribution in [2.45, 2.75) is 6.18 Å². The molecule has 0 radical (unpaired) electrons. The highest BCUT2D eigenvalue weighted by Gasteiger charge is 2.39. The van der Waals surface area contributed by atoms with Crippen LogP contribution in [0.5, 0.6) is 17.2 Å². The van der Waals surface area contributed by atoms with Crippen LogP contribution in [-0.4, -0.2) is 12.5 Å². The summed E-state index contributed by atoms with van der Waals surface area (Å²) in [6.45, 7) is -0.432. The number of ether oxygens (including phenoxy) is 2. The van der Waals surface area contributed by atoms with Crippen LogP contribution in [0.25, 0.3) is 32.9 Å². The number of carbonyl (C=O) groups excluding carboxylic acids is 1. The smallest absolute Gasteiger partial charge is 0.450 e. The van der Waals surface area contributed by atoms with Crippen LogP contribution < -0.4 is 20.2 Å². The fraction of sp³-hybridized carbons (Fsp3) is 0.0588. The van der Waals surface area contributed by atoms with E-state index < -0.39 is 35.4 Å². The molecule has 0 atom stereocenters. The molecule has 6 nitrogen and oxygen atoms in total. The first kappa shape index (κ1) is 27.6. The number of alkyl halides is 3. The molecule has 1 heterocycles. The Hall–Kier alpha value is -5.57. The summed E-state index contributed by atoms with van der Waals surface area (Å²) in [5, 5.41) is 3.80. The Morgan fingerprint density at radius 1 is 0.744 bits per heavy atom. The number of nitrogens with one attached hydrogen (secondary N) is 1. The summed E-state index contributed by atoms with van der Waals surface area (Å²) in [5.41, 5.74) is -1.08. The van der Waals surface area contributed by atoms with Crippen molar-refractivity contribution in [2.75, 3.05) is 11.9 Å². The van der Waals surface area contributed by atoms with Crippen LogP contribution in [0.3, 0.4) is 0 Å². The van der Waals surface area contributed by atoms with Crippen molar-refractivity contribution in [1.82, 2.24) is 0 Å². The Morgan fingerprint density at radius 3 is 2.19 bits per heavy atom. The number of hydrogen-bond acceptors (Lipinski definition) is 5. The fourth-order valence-electron chi connectivity index (χ4n) is 4.73. The Labute approximate surface area is 242 Å². The van der Waals surface area contributed by atoms with Gasteiger partial charge in [-0.15, -0.1) is 0 Å². The maximum atomic E-state index is 14.2. The van der Waals surface area contributed by atoms with Crippen molar-refractivity contribution in [3.8, 4) is 28.4 Å². The second-order valence-corrected chi connectivity index (χ2v) is 9.59. The molecule has 0 unspecified atom stereocenters. The number of fused-ring (bicyclic) bond motifs is 2. The van der Waals surface area contributed by atoms with E-state index in [4.69, 9.17) is 13.9 Å². The first-order chi connectivity index (χ1) is 20.8. The van der Waals surface area contributed by atoms with Gasteiger partial charge in [0.25, 0.3) is 5.91 Å². The van der Waals surface area contributed by atoms with Gasteiger partial charge in [-0.3, -0.25) is 9.59 Å². The number of benzene rings is 5. The van der Waals surface area contributed by atoms with Crippen LogP contribution in [0.1, 0.15) is 5.76 Å². The standard InChI is InChI=1S/C34H22F3NO5/c35-34(36,37)33-31(27-12-6-8-21-7-4-5-11-26(21)27)32(40)28-18-17-25(19-29(28)43-33)41-20-30(39)38-22-13-15-24(16-14-22)42-23-9-2-1-3-10-23/h1-19H,20H2,(H,38,39). The molecule has 1 aromatic heterocycles. The molecule has 6 aromatic rings. The van der Waals surface area contributed by atoms with Crippen LogP contribution >= 0.6 is 0 Å². The molecule has 0 aliphatic heterocycles. The predicted octanol–water partition coefficient (Wildman–Crippen LogP) is 8.44. The number of hydrogen-bond donors (Lipinski definition) is 1. The number of carbonyl (C=O) groups is 1. The summed E-state index contributed by atoms with van der Waals surface area (Å²) in [6.07, 6.45) is -4.95. The molecular formula is C34H22F3NO5. The Kier molecular flexibility index (Phi) is 7.29. The topological polar surface area (TPSA) is 77.8 Å². The molecular weight excluding hydrogens is 559 g/mol. The van der Waals surface area contributed by atoms with Crippen LogP contribution in [0.4, 0.5) is 18.9 Å². The van der Waals surface area contributed by atoms with E-state index >= 15 is 0 Å². The van der Waals surface area contributed by atoms with Gasteiger partial charge in [0, 0.05) is 11.8 Å². The first-order valence-electron chi connectivity index (χ1n) is 13.2. The van der Waals surface area contributed by atoms with Gasteiger partial charge in [-0.1, -0.05) is 60.7 Å². The van der Waals surface area contributed by atoms with E-state index in [1.165, 1.54) is 24.3 Å². The van der Waals surface area contributed by atoms with Gasteiger partial charge in [-0.05, 0) is 64.9 Å². The zero-order valence-electron chi connectivity index (χ0n) is 22.4. The second kappa shape index (κ2) is 11.4. The van der Waals surface area contributed by atoms with Gasteiger partial charge < -0.3 is 19.2 Å². The molecule has 0 saturated heterocycles. The van der Waals surface area contributed by atoms with E-state index in [0.29, 0.717) is 28.0 Å². The normalized spacial score (nSPS) is 11.4. The molecule has 0 spiro atoms. The molecule has 1 amide bonds. The van der Waals surface area contributed by atoms with Gasteiger partial charge in [-0.2, -0.15) is 13.2 Å². The minimum atomic E-state index is -4.95. The monoisotopic (exact) mass is 581 g/mol. The fourth-order valence-corrected chi connectivity index (χ4v) is 4.73. The van der Waals surface area contributed by atoms with Gasteiger partial charge in [0.1, 0.15) is 22.8 Å². The molecule has 6 rings (SSSR count). The highest BCUT2D eigenvalue weighted by Crippen LogP contribution is 2.40. The molecule has 5 aromatic carbocycles. The quantitative estimate of drug-likeness (QED) is 0.205. The van der Waals surface area contributed by atoms with Gasteiger partial charge in [0.05, 0.1) is 10.9 Å². The largest absolute Gasteiger partial charge is 0.484 e. The summed E-state index contributed by atoms with van der Waals surface area (Å²) < 4.78 is 59.2. The van der Waals surface area contributed by atoms with Crippen molar-refractivity contribution in [3.05, 3.63) is 131 Å². The third-order valence-corrected chi connectivity index (χ3v) is 6.67. The van der Waals surface area contributed by atoms with Crippen molar-refractivity contribution in [3.63, 3.8) is 0 Å². The summed E-state index contributed by atoms with van der Waals surface area (Å²) in [7, 11) is 0. The maximum Gasteiger partial charge on any atom is 0.450 e. The molecule has 0 saturated carbocycles. The van der Waals surface area contributed by atoms with E-state index in [1.54, 1.807) is 60.7 Å². The third-order valence-electron chi connectivity index (χ3n) is 6.67. The van der Waals surface area contributed by atoms with Gasteiger partial charge >= 0.3 is 6.18 Å². The molecule has 214 valence electrons. The van der Waals surface area contributed by atoms with E-state index in [-0.39, 0.29) is 22.3 Å². The van der Waals surface area contributed by atoms with Crippen LogP contribution in [0.2, 0.25) is 0 Å². The van der Waals surface area contributed by atoms with Gasteiger partial charge in [-0.25, -0.2) is 0 Å². The zero-order valence-corrected chi connectivity index (χ0v) is 22.4. The van der Waals surface area contributed by atoms with E-state index in [9.17, 15) is 22.8 Å². The number of halogens is 3. The zero-order chi connectivity index (χ0) is 30.0.